The van der Waals surface area contributed by atoms with Gasteiger partial charge in [-0.1, -0.05) is 24.6 Å². The van der Waals surface area contributed by atoms with Gasteiger partial charge in [-0.15, -0.1) is 0 Å². The number of carbonyl (C=O) groups excluding carboxylic acids is 2. The van der Waals surface area contributed by atoms with Crippen LogP contribution in [0.2, 0.25) is 0 Å². The van der Waals surface area contributed by atoms with Gasteiger partial charge in [0, 0.05) is 36.8 Å². The molecule has 0 unspecified atom stereocenters. The molecule has 3 fully saturated rings. The molecule has 1 saturated carbocycles. The van der Waals surface area contributed by atoms with E-state index in [1.54, 1.807) is 23.4 Å². The minimum Gasteiger partial charge on any atom is -0.356 e. The van der Waals surface area contributed by atoms with Gasteiger partial charge in [-0.05, 0) is 37.8 Å². The highest BCUT2D eigenvalue weighted by Crippen LogP contribution is 2.36. The van der Waals surface area contributed by atoms with Crippen LogP contribution in [0, 0.1) is 0 Å². The molecule has 29 heavy (non-hydrogen) atoms. The quantitative estimate of drug-likeness (QED) is 0.749. The highest BCUT2D eigenvalue weighted by atomic mass is 16.2. The van der Waals surface area contributed by atoms with Crippen LogP contribution in [0.15, 0.2) is 42.7 Å². The van der Waals surface area contributed by atoms with Gasteiger partial charge < -0.3 is 9.80 Å². The van der Waals surface area contributed by atoms with Crippen LogP contribution in [0.5, 0.6) is 0 Å². The molecule has 0 spiro atoms. The van der Waals surface area contributed by atoms with Crippen molar-refractivity contribution in [2.75, 3.05) is 29.4 Å². The molecule has 2 saturated heterocycles. The van der Waals surface area contributed by atoms with Crippen molar-refractivity contribution in [3.05, 3.63) is 48.4 Å². The van der Waals surface area contributed by atoms with E-state index < -0.39 is 0 Å². The molecule has 0 N–H and O–H groups in total. The van der Waals surface area contributed by atoms with Gasteiger partial charge in [0.2, 0.25) is 0 Å². The van der Waals surface area contributed by atoms with Crippen LogP contribution < -0.4 is 9.80 Å². The molecule has 5 rings (SSSR count). The van der Waals surface area contributed by atoms with Crippen LogP contribution in [0.4, 0.5) is 16.3 Å². The average Bonchev–Trinajstić information content (AvgIpc) is 3.02. The van der Waals surface area contributed by atoms with Gasteiger partial charge in [-0.2, -0.15) is 0 Å². The summed E-state index contributed by atoms with van der Waals surface area (Å²) in [6, 6.07) is 11.2. The smallest absolute Gasteiger partial charge is 0.332 e. The molecule has 3 heterocycles. The van der Waals surface area contributed by atoms with Crippen molar-refractivity contribution in [3.63, 3.8) is 0 Å². The van der Waals surface area contributed by atoms with Crippen molar-refractivity contribution in [1.29, 1.82) is 0 Å². The van der Waals surface area contributed by atoms with E-state index in [0.717, 1.165) is 37.4 Å². The molecule has 0 radical (unpaired) electrons. The van der Waals surface area contributed by atoms with E-state index >= 15 is 0 Å². The molecule has 2 aromatic rings. The first-order chi connectivity index (χ1) is 14.2. The third-order valence-electron chi connectivity index (χ3n) is 6.43. The van der Waals surface area contributed by atoms with Crippen molar-refractivity contribution in [2.24, 2.45) is 0 Å². The van der Waals surface area contributed by atoms with Gasteiger partial charge in [0.05, 0.1) is 5.69 Å². The number of para-hydroxylation sites is 1. The molecule has 3 aliphatic rings. The minimum atomic E-state index is -0.200. The highest BCUT2D eigenvalue weighted by Gasteiger charge is 2.41. The fourth-order valence-corrected chi connectivity index (χ4v) is 4.50. The topological polar surface area (TPSA) is 69.6 Å². The van der Waals surface area contributed by atoms with E-state index in [-0.39, 0.29) is 24.5 Å². The van der Waals surface area contributed by atoms with Gasteiger partial charge in [-0.3, -0.25) is 4.79 Å². The van der Waals surface area contributed by atoms with Crippen LogP contribution in [0.1, 0.15) is 43.7 Å². The predicted octanol–water partition coefficient (Wildman–Crippen LogP) is 3.18. The van der Waals surface area contributed by atoms with Gasteiger partial charge in [0.15, 0.2) is 0 Å². The number of amides is 3. The predicted molar refractivity (Wildman–Crippen MR) is 110 cm³/mol. The number of urea groups is 1. The Kier molecular flexibility index (Phi) is 4.66. The lowest BCUT2D eigenvalue weighted by atomic mass is 9.83. The summed E-state index contributed by atoms with van der Waals surface area (Å²) in [7, 11) is 0. The first-order valence-corrected chi connectivity index (χ1v) is 10.5. The SMILES string of the molecule is O=C1CN(C2CCN(c3cc(C4CCC4)ncn3)CC2)C(=O)N1c1ccccc1. The van der Waals surface area contributed by atoms with Crippen molar-refractivity contribution in [1.82, 2.24) is 14.9 Å². The van der Waals surface area contributed by atoms with E-state index in [9.17, 15) is 9.59 Å². The average molecular weight is 391 g/mol. The van der Waals surface area contributed by atoms with Crippen molar-refractivity contribution < 1.29 is 9.59 Å². The van der Waals surface area contributed by atoms with Gasteiger partial charge in [0.25, 0.3) is 5.91 Å². The second-order valence-corrected chi connectivity index (χ2v) is 8.12. The Morgan fingerprint density at radius 3 is 2.38 bits per heavy atom. The first kappa shape index (κ1) is 18.1. The molecule has 7 nitrogen and oxygen atoms in total. The second-order valence-electron chi connectivity index (χ2n) is 8.12. The molecule has 150 valence electrons. The normalized spacial score (nSPS) is 21.0. The Morgan fingerprint density at radius 1 is 0.931 bits per heavy atom. The van der Waals surface area contributed by atoms with E-state index in [2.05, 4.69) is 20.9 Å². The third kappa shape index (κ3) is 3.34. The van der Waals surface area contributed by atoms with Crippen LogP contribution in [0.25, 0.3) is 0 Å². The molecule has 0 bridgehead atoms. The molecule has 1 aromatic heterocycles. The second kappa shape index (κ2) is 7.46. The van der Waals surface area contributed by atoms with Crippen molar-refractivity contribution in [2.45, 2.75) is 44.1 Å². The lowest BCUT2D eigenvalue weighted by Gasteiger charge is -2.37. The van der Waals surface area contributed by atoms with E-state index in [1.165, 1.54) is 24.2 Å². The number of carbonyl (C=O) groups is 2. The number of anilines is 2. The first-order valence-electron chi connectivity index (χ1n) is 10.5. The summed E-state index contributed by atoms with van der Waals surface area (Å²) in [4.78, 5) is 39.7. The van der Waals surface area contributed by atoms with E-state index in [4.69, 9.17) is 0 Å². The number of nitrogens with zero attached hydrogens (tertiary/aromatic N) is 5. The Hall–Kier alpha value is -2.96. The standard InChI is InChI=1S/C22H25N5O2/c28-21-14-26(22(29)27(21)18-7-2-1-3-8-18)17-9-11-25(12-10-17)20-13-19(23-15-24-20)16-5-4-6-16/h1-3,7-8,13,15-17H,4-6,9-12,14H2. The summed E-state index contributed by atoms with van der Waals surface area (Å²) in [5.41, 5.74) is 1.80. The fourth-order valence-electron chi connectivity index (χ4n) is 4.50. The lowest BCUT2D eigenvalue weighted by Crippen LogP contribution is -2.46. The van der Waals surface area contributed by atoms with Crippen LogP contribution >= 0.6 is 0 Å². The minimum absolute atomic E-state index is 0.0874. The summed E-state index contributed by atoms with van der Waals surface area (Å²) in [6.07, 6.45) is 7.09. The Balaban J connectivity index is 1.24. The molecule has 0 atom stereocenters. The number of benzene rings is 1. The maximum absolute atomic E-state index is 12.9. The van der Waals surface area contributed by atoms with Gasteiger partial charge in [0.1, 0.15) is 18.7 Å². The Bertz CT molecular complexity index is 906. The lowest BCUT2D eigenvalue weighted by molar-refractivity contribution is -0.116. The van der Waals surface area contributed by atoms with Crippen molar-refractivity contribution >= 4 is 23.4 Å². The monoisotopic (exact) mass is 391 g/mol. The molecule has 1 aromatic carbocycles. The fraction of sp³-hybridized carbons (Fsp3) is 0.455. The Labute approximate surface area is 170 Å². The zero-order valence-electron chi connectivity index (χ0n) is 16.4. The summed E-state index contributed by atoms with van der Waals surface area (Å²) in [5.74, 6) is 1.42. The maximum Gasteiger partial charge on any atom is 0.332 e. The van der Waals surface area contributed by atoms with Crippen LogP contribution in [-0.2, 0) is 4.79 Å². The zero-order valence-corrected chi connectivity index (χ0v) is 16.4. The summed E-state index contributed by atoms with van der Waals surface area (Å²) in [6.45, 7) is 1.82. The summed E-state index contributed by atoms with van der Waals surface area (Å²) >= 11 is 0. The number of piperidine rings is 1. The third-order valence-corrected chi connectivity index (χ3v) is 6.43. The molecular formula is C22H25N5O2. The molecule has 7 heteroatoms. The Morgan fingerprint density at radius 2 is 1.69 bits per heavy atom. The molecule has 2 aliphatic heterocycles. The summed E-state index contributed by atoms with van der Waals surface area (Å²) in [5, 5.41) is 0. The maximum atomic E-state index is 12.9. The number of imide groups is 1. The number of rotatable bonds is 4. The number of hydrogen-bond donors (Lipinski definition) is 0. The van der Waals surface area contributed by atoms with E-state index in [1.807, 2.05) is 18.2 Å². The van der Waals surface area contributed by atoms with Crippen molar-refractivity contribution in [3.8, 4) is 0 Å². The van der Waals surface area contributed by atoms with Gasteiger partial charge >= 0.3 is 6.03 Å². The molecule has 3 amide bonds. The summed E-state index contributed by atoms with van der Waals surface area (Å²) < 4.78 is 0. The van der Waals surface area contributed by atoms with Crippen LogP contribution in [0.3, 0.4) is 0 Å². The molecular weight excluding hydrogens is 366 g/mol. The molecule has 1 aliphatic carbocycles. The number of aromatic nitrogens is 2. The number of hydrogen-bond acceptors (Lipinski definition) is 5. The highest BCUT2D eigenvalue weighted by molar-refractivity contribution is 6.19. The zero-order chi connectivity index (χ0) is 19.8. The largest absolute Gasteiger partial charge is 0.356 e. The van der Waals surface area contributed by atoms with Gasteiger partial charge in [-0.25, -0.2) is 19.7 Å². The van der Waals surface area contributed by atoms with E-state index in [0.29, 0.717) is 11.6 Å². The van der Waals surface area contributed by atoms with Crippen LogP contribution in [-0.4, -0.2) is 52.5 Å².